The first-order chi connectivity index (χ1) is 18.0. The number of imide groups is 1. The van der Waals surface area contributed by atoms with E-state index in [9.17, 15) is 9.59 Å². The third-order valence-corrected chi connectivity index (χ3v) is 8.56. The average molecular weight is 523 g/mol. The van der Waals surface area contributed by atoms with Gasteiger partial charge in [-0.2, -0.15) is 0 Å². The molecule has 4 nitrogen and oxygen atoms in total. The maximum Gasteiger partial charge on any atom is 0.239 e. The normalized spacial score (nSPS) is 25.4. The third kappa shape index (κ3) is 3.00. The number of anilines is 1. The van der Waals surface area contributed by atoms with Crippen LogP contribution >= 0.6 is 23.2 Å². The lowest BCUT2D eigenvalue weighted by molar-refractivity contribution is -0.122. The molecule has 4 aromatic carbocycles. The first kappa shape index (κ1) is 22.5. The zero-order chi connectivity index (χ0) is 25.3. The summed E-state index contributed by atoms with van der Waals surface area (Å²) < 4.78 is 0. The molecule has 2 amide bonds. The van der Waals surface area contributed by atoms with Crippen molar-refractivity contribution in [3.8, 4) is 0 Å². The van der Waals surface area contributed by atoms with Crippen molar-refractivity contribution in [2.24, 2.45) is 16.8 Å². The Balaban J connectivity index is 1.52. The number of nitrogens with zero attached hydrogens (tertiary/aromatic N) is 2. The van der Waals surface area contributed by atoms with Crippen molar-refractivity contribution in [3.63, 3.8) is 0 Å². The molecule has 6 heteroatoms. The Hall–Kier alpha value is -3.73. The number of hydrogen-bond donors (Lipinski definition) is 0. The summed E-state index contributed by atoms with van der Waals surface area (Å²) in [7, 11) is 0. The summed E-state index contributed by atoms with van der Waals surface area (Å²) in [6.45, 7) is 0. The van der Waals surface area contributed by atoms with E-state index in [1.54, 1.807) is 36.4 Å². The number of hydrogen-bond acceptors (Lipinski definition) is 3. The largest absolute Gasteiger partial charge is 0.274 e. The van der Waals surface area contributed by atoms with E-state index in [0.717, 1.165) is 22.3 Å². The van der Waals surface area contributed by atoms with E-state index in [1.807, 2.05) is 42.6 Å². The number of aliphatic imine (C=N–C) groups is 1. The number of para-hydroxylation sites is 1. The van der Waals surface area contributed by atoms with E-state index >= 15 is 0 Å². The molecule has 4 aromatic rings. The predicted octanol–water partition coefficient (Wildman–Crippen LogP) is 6.95. The number of amides is 2. The fourth-order valence-electron chi connectivity index (χ4n) is 6.65. The minimum atomic E-state index is -0.933. The average Bonchev–Trinajstić information content (AvgIpc) is 3.19. The smallest absolute Gasteiger partial charge is 0.239 e. The molecule has 2 atom stereocenters. The van der Waals surface area contributed by atoms with Crippen molar-refractivity contribution in [1.29, 1.82) is 0 Å². The highest BCUT2D eigenvalue weighted by molar-refractivity contribution is 6.36. The summed E-state index contributed by atoms with van der Waals surface area (Å²) in [5, 5.41) is 0.946. The third-order valence-electron chi connectivity index (χ3n) is 8.00. The Labute approximate surface area is 224 Å². The van der Waals surface area contributed by atoms with Crippen LogP contribution in [0.1, 0.15) is 28.2 Å². The van der Waals surface area contributed by atoms with E-state index in [2.05, 4.69) is 24.3 Å². The summed E-state index contributed by atoms with van der Waals surface area (Å²) in [6, 6.07) is 30.5. The first-order valence-electron chi connectivity index (χ1n) is 12.1. The molecular weight excluding hydrogens is 503 g/mol. The van der Waals surface area contributed by atoms with Gasteiger partial charge in [-0.15, -0.1) is 0 Å². The van der Waals surface area contributed by atoms with Gasteiger partial charge in [0.15, 0.2) is 0 Å². The molecule has 0 spiro atoms. The zero-order valence-corrected chi connectivity index (χ0v) is 21.0. The fourth-order valence-corrected chi connectivity index (χ4v) is 7.06. The van der Waals surface area contributed by atoms with Gasteiger partial charge in [-0.25, -0.2) is 4.90 Å². The molecular formula is C31H20Cl2N2O2. The summed E-state index contributed by atoms with van der Waals surface area (Å²) >= 11 is 12.8. The van der Waals surface area contributed by atoms with Crippen LogP contribution in [0.5, 0.6) is 0 Å². The molecule has 4 aliphatic rings. The molecule has 0 aromatic heterocycles. The molecule has 1 fully saturated rings. The Bertz CT molecular complexity index is 1600. The molecule has 1 aliphatic heterocycles. The second kappa shape index (κ2) is 8.14. The maximum absolute atomic E-state index is 14.3. The lowest BCUT2D eigenvalue weighted by atomic mass is 9.47. The van der Waals surface area contributed by atoms with Crippen LogP contribution in [-0.2, 0) is 15.0 Å². The number of benzene rings is 4. The topological polar surface area (TPSA) is 49.7 Å². The molecule has 8 rings (SSSR count). The van der Waals surface area contributed by atoms with Crippen molar-refractivity contribution in [2.75, 3.05) is 4.90 Å². The van der Waals surface area contributed by atoms with Gasteiger partial charge in [-0.1, -0.05) is 89.9 Å². The van der Waals surface area contributed by atoms with Crippen LogP contribution in [0.3, 0.4) is 0 Å². The van der Waals surface area contributed by atoms with E-state index in [0.29, 0.717) is 21.4 Å². The lowest BCUT2D eigenvalue weighted by Gasteiger charge is -2.52. The molecule has 0 radical (unpaired) electrons. The van der Waals surface area contributed by atoms with Gasteiger partial charge in [0, 0.05) is 17.2 Å². The number of carbonyl (C=O) groups is 2. The molecule has 180 valence electrons. The van der Waals surface area contributed by atoms with Gasteiger partial charge in [-0.05, 0) is 52.6 Å². The van der Waals surface area contributed by atoms with Crippen LogP contribution in [0.25, 0.3) is 0 Å². The summed E-state index contributed by atoms with van der Waals surface area (Å²) in [6.07, 6.45) is 1.87. The molecule has 1 saturated heterocycles. The van der Waals surface area contributed by atoms with Crippen LogP contribution < -0.4 is 4.90 Å². The van der Waals surface area contributed by atoms with Crippen LogP contribution in [0, 0.1) is 11.8 Å². The van der Waals surface area contributed by atoms with Gasteiger partial charge in [0.05, 0.1) is 33.6 Å². The predicted molar refractivity (Wildman–Crippen MR) is 146 cm³/mol. The molecule has 0 saturated carbocycles. The molecule has 1 heterocycles. The van der Waals surface area contributed by atoms with Crippen molar-refractivity contribution in [2.45, 2.75) is 11.3 Å². The van der Waals surface area contributed by atoms with Crippen LogP contribution in [-0.4, -0.2) is 18.0 Å². The zero-order valence-electron chi connectivity index (χ0n) is 19.5. The second-order valence-corrected chi connectivity index (χ2v) is 10.6. The van der Waals surface area contributed by atoms with Gasteiger partial charge >= 0.3 is 0 Å². The van der Waals surface area contributed by atoms with Gasteiger partial charge in [0.25, 0.3) is 0 Å². The second-order valence-electron chi connectivity index (χ2n) is 9.73. The Morgan fingerprint density at radius 1 is 0.757 bits per heavy atom. The van der Waals surface area contributed by atoms with Crippen molar-refractivity contribution >= 4 is 52.6 Å². The van der Waals surface area contributed by atoms with Gasteiger partial charge in [0.1, 0.15) is 0 Å². The number of rotatable bonds is 3. The summed E-state index contributed by atoms with van der Waals surface area (Å²) in [5.41, 5.74) is 4.30. The maximum atomic E-state index is 14.3. The van der Waals surface area contributed by atoms with E-state index in [4.69, 9.17) is 28.2 Å². The van der Waals surface area contributed by atoms with Crippen molar-refractivity contribution in [3.05, 3.63) is 129 Å². The Morgan fingerprint density at radius 2 is 1.41 bits per heavy atom. The minimum absolute atomic E-state index is 0.224. The van der Waals surface area contributed by atoms with E-state index in [-0.39, 0.29) is 17.7 Å². The molecule has 37 heavy (non-hydrogen) atoms. The molecule has 2 bridgehead atoms. The van der Waals surface area contributed by atoms with Crippen LogP contribution in [0.2, 0.25) is 10.0 Å². The van der Waals surface area contributed by atoms with Crippen LogP contribution in [0.4, 0.5) is 11.4 Å². The lowest BCUT2D eigenvalue weighted by Crippen LogP contribution is -2.54. The quantitative estimate of drug-likeness (QED) is 0.216. The monoisotopic (exact) mass is 522 g/mol. The fraction of sp³-hybridized carbons (Fsp3) is 0.129. The van der Waals surface area contributed by atoms with E-state index < -0.39 is 17.3 Å². The highest BCUT2D eigenvalue weighted by atomic mass is 35.5. The van der Waals surface area contributed by atoms with Gasteiger partial charge in [0.2, 0.25) is 11.8 Å². The van der Waals surface area contributed by atoms with Gasteiger partial charge in [-0.3, -0.25) is 14.6 Å². The number of halogens is 2. The highest BCUT2D eigenvalue weighted by Gasteiger charge is 2.68. The Kier molecular flexibility index (Phi) is 4.94. The first-order valence-corrected chi connectivity index (χ1v) is 12.9. The number of carbonyl (C=O) groups excluding carboxylic acids is 2. The van der Waals surface area contributed by atoms with Crippen LogP contribution in [0.15, 0.2) is 102 Å². The van der Waals surface area contributed by atoms with Crippen molar-refractivity contribution < 1.29 is 9.59 Å². The SMILES string of the molecule is O=C1C2C3c4ccccc4C(C=Nc4cccc(Cl)c4)(c4ccccc43)C2C(=O)N1c1ccccc1Cl. The molecule has 2 unspecified atom stereocenters. The highest BCUT2D eigenvalue weighted by Crippen LogP contribution is 2.64. The van der Waals surface area contributed by atoms with Gasteiger partial charge < -0.3 is 0 Å². The minimum Gasteiger partial charge on any atom is -0.274 e. The Morgan fingerprint density at radius 3 is 2.08 bits per heavy atom. The summed E-state index contributed by atoms with van der Waals surface area (Å²) in [5.74, 6) is -1.94. The molecule has 0 N–H and O–H groups in total. The summed E-state index contributed by atoms with van der Waals surface area (Å²) in [4.78, 5) is 34.7. The molecule has 3 aliphatic carbocycles. The standard InChI is InChI=1S/C31H20Cl2N2O2/c32-18-8-7-9-19(16-18)34-17-31-22-12-3-1-10-20(22)26(21-11-2-4-13-23(21)31)27-28(31)30(37)35(29(27)36)25-15-6-5-14-24(25)33/h1-17,26-28H. The van der Waals surface area contributed by atoms with Crippen molar-refractivity contribution in [1.82, 2.24) is 0 Å². The van der Waals surface area contributed by atoms with E-state index in [1.165, 1.54) is 4.90 Å².